The zero-order chi connectivity index (χ0) is 12.5. The van der Waals surface area contributed by atoms with Gasteiger partial charge in [-0.05, 0) is 24.0 Å². The number of pyridine rings is 1. The summed E-state index contributed by atoms with van der Waals surface area (Å²) < 4.78 is 1.94. The second-order valence-electron chi connectivity index (χ2n) is 4.60. The Hall–Kier alpha value is -2.17. The van der Waals surface area contributed by atoms with Crippen LogP contribution in [0.25, 0.3) is 0 Å². The summed E-state index contributed by atoms with van der Waals surface area (Å²) in [5.41, 5.74) is 1.97. The third-order valence-corrected chi connectivity index (χ3v) is 3.29. The van der Waals surface area contributed by atoms with Gasteiger partial charge in [0.2, 0.25) is 0 Å². The van der Waals surface area contributed by atoms with E-state index >= 15 is 0 Å². The van der Waals surface area contributed by atoms with E-state index in [1.165, 1.54) is 0 Å². The Morgan fingerprint density at radius 1 is 1.50 bits per heavy atom. The van der Waals surface area contributed by atoms with E-state index in [0.29, 0.717) is 6.54 Å². The van der Waals surface area contributed by atoms with Crippen LogP contribution in [-0.2, 0) is 11.3 Å². The Balaban J connectivity index is 1.68. The van der Waals surface area contributed by atoms with Gasteiger partial charge in [-0.3, -0.25) is 9.78 Å². The summed E-state index contributed by atoms with van der Waals surface area (Å²) in [5, 5.41) is 8.88. The molecule has 0 amide bonds. The van der Waals surface area contributed by atoms with Crippen LogP contribution in [0.5, 0.6) is 0 Å². The fraction of sp³-hybridized carbons (Fsp3) is 0.308. The second-order valence-corrected chi connectivity index (χ2v) is 4.60. The van der Waals surface area contributed by atoms with Gasteiger partial charge < -0.3 is 9.67 Å². The van der Waals surface area contributed by atoms with Gasteiger partial charge >= 0.3 is 5.97 Å². The molecule has 0 saturated heterocycles. The molecular formula is C13H13N3O2. The van der Waals surface area contributed by atoms with Gasteiger partial charge in [-0.1, -0.05) is 6.07 Å². The SMILES string of the molecule is O=C(O)[C@H]1C[C@@H]1c1ccc(Cn2ccnc2)nc1. The zero-order valence-electron chi connectivity index (χ0n) is 9.73. The van der Waals surface area contributed by atoms with Crippen molar-refractivity contribution in [2.24, 2.45) is 5.92 Å². The first kappa shape index (κ1) is 11.0. The quantitative estimate of drug-likeness (QED) is 0.883. The van der Waals surface area contributed by atoms with Crippen molar-refractivity contribution in [2.45, 2.75) is 18.9 Å². The van der Waals surface area contributed by atoms with Crippen LogP contribution in [-0.4, -0.2) is 25.6 Å². The third kappa shape index (κ3) is 2.11. The van der Waals surface area contributed by atoms with Crippen molar-refractivity contribution < 1.29 is 9.90 Å². The first-order chi connectivity index (χ1) is 8.74. The van der Waals surface area contributed by atoms with Gasteiger partial charge in [-0.25, -0.2) is 4.98 Å². The van der Waals surface area contributed by atoms with Crippen molar-refractivity contribution in [3.63, 3.8) is 0 Å². The van der Waals surface area contributed by atoms with Crippen LogP contribution in [0.4, 0.5) is 0 Å². The molecule has 0 bridgehead atoms. The molecule has 0 aromatic carbocycles. The maximum absolute atomic E-state index is 10.8. The normalized spacial score (nSPS) is 21.8. The highest BCUT2D eigenvalue weighted by molar-refractivity contribution is 5.75. The van der Waals surface area contributed by atoms with E-state index in [4.69, 9.17) is 5.11 Å². The lowest BCUT2D eigenvalue weighted by Crippen LogP contribution is -2.01. The highest BCUT2D eigenvalue weighted by atomic mass is 16.4. The predicted molar refractivity (Wildman–Crippen MR) is 64.0 cm³/mol. The first-order valence-electron chi connectivity index (χ1n) is 5.87. The number of carboxylic acid groups (broad SMARTS) is 1. The van der Waals surface area contributed by atoms with E-state index in [2.05, 4.69) is 9.97 Å². The molecule has 5 nitrogen and oxygen atoms in total. The van der Waals surface area contributed by atoms with E-state index in [9.17, 15) is 4.79 Å². The van der Waals surface area contributed by atoms with E-state index in [1.54, 1.807) is 18.7 Å². The van der Waals surface area contributed by atoms with E-state index in [1.807, 2.05) is 22.9 Å². The Labute approximate surface area is 104 Å². The Kier molecular flexibility index (Phi) is 2.59. The van der Waals surface area contributed by atoms with Gasteiger partial charge in [0.15, 0.2) is 0 Å². The van der Waals surface area contributed by atoms with Gasteiger partial charge in [0.05, 0.1) is 24.5 Å². The third-order valence-electron chi connectivity index (χ3n) is 3.29. The summed E-state index contributed by atoms with van der Waals surface area (Å²) in [7, 11) is 0. The zero-order valence-corrected chi connectivity index (χ0v) is 9.73. The van der Waals surface area contributed by atoms with Gasteiger partial charge in [0, 0.05) is 18.6 Å². The number of carboxylic acids is 1. The monoisotopic (exact) mass is 243 g/mol. The summed E-state index contributed by atoms with van der Waals surface area (Å²) in [6.07, 6.45) is 7.89. The van der Waals surface area contributed by atoms with Crippen LogP contribution in [0.15, 0.2) is 37.1 Å². The van der Waals surface area contributed by atoms with E-state index < -0.39 is 5.97 Å². The molecule has 0 spiro atoms. The van der Waals surface area contributed by atoms with Crippen LogP contribution in [0.2, 0.25) is 0 Å². The van der Waals surface area contributed by atoms with Crippen molar-refractivity contribution >= 4 is 5.97 Å². The number of nitrogens with zero attached hydrogens (tertiary/aromatic N) is 3. The van der Waals surface area contributed by atoms with Crippen LogP contribution in [0.1, 0.15) is 23.6 Å². The minimum atomic E-state index is -0.706. The Morgan fingerprint density at radius 2 is 2.39 bits per heavy atom. The Bertz CT molecular complexity index is 548. The lowest BCUT2D eigenvalue weighted by Gasteiger charge is -2.03. The van der Waals surface area contributed by atoms with Crippen LogP contribution < -0.4 is 0 Å². The number of hydrogen-bond donors (Lipinski definition) is 1. The average molecular weight is 243 g/mol. The van der Waals surface area contributed by atoms with Crippen molar-refractivity contribution in [1.29, 1.82) is 0 Å². The topological polar surface area (TPSA) is 68.0 Å². The molecule has 0 aliphatic heterocycles. The van der Waals surface area contributed by atoms with Gasteiger partial charge in [0.25, 0.3) is 0 Å². The molecule has 0 unspecified atom stereocenters. The van der Waals surface area contributed by atoms with Gasteiger partial charge in [-0.2, -0.15) is 0 Å². The average Bonchev–Trinajstić information content (AvgIpc) is 3.02. The van der Waals surface area contributed by atoms with Crippen molar-refractivity contribution in [1.82, 2.24) is 14.5 Å². The highest BCUT2D eigenvalue weighted by Crippen LogP contribution is 2.47. The minimum Gasteiger partial charge on any atom is -0.481 e. The molecule has 1 N–H and O–H groups in total. The molecule has 1 saturated carbocycles. The molecule has 1 fully saturated rings. The van der Waals surface area contributed by atoms with E-state index in [-0.39, 0.29) is 11.8 Å². The first-order valence-corrected chi connectivity index (χ1v) is 5.87. The standard InChI is InChI=1S/C13H13N3O2/c17-13(18)12-5-11(12)9-1-2-10(15-6-9)7-16-4-3-14-8-16/h1-4,6,8,11-12H,5,7H2,(H,17,18)/t11-,12+/m1/s1. The van der Waals surface area contributed by atoms with Gasteiger partial charge in [0.1, 0.15) is 0 Å². The molecule has 2 aromatic rings. The molecule has 5 heteroatoms. The van der Waals surface area contributed by atoms with E-state index in [0.717, 1.165) is 17.7 Å². The summed E-state index contributed by atoms with van der Waals surface area (Å²) >= 11 is 0. The number of carbonyl (C=O) groups is 1. The minimum absolute atomic E-state index is 0.150. The maximum Gasteiger partial charge on any atom is 0.307 e. The largest absolute Gasteiger partial charge is 0.481 e. The van der Waals surface area contributed by atoms with Crippen LogP contribution in [0, 0.1) is 5.92 Å². The number of aliphatic carboxylic acids is 1. The Morgan fingerprint density at radius 3 is 2.94 bits per heavy atom. The lowest BCUT2D eigenvalue weighted by molar-refractivity contribution is -0.138. The van der Waals surface area contributed by atoms with Crippen LogP contribution in [0.3, 0.4) is 0 Å². The maximum atomic E-state index is 10.8. The number of rotatable bonds is 4. The predicted octanol–water partition coefficient (Wildman–Crippen LogP) is 1.51. The number of hydrogen-bond acceptors (Lipinski definition) is 3. The molecule has 0 radical (unpaired) electrons. The van der Waals surface area contributed by atoms with Gasteiger partial charge in [-0.15, -0.1) is 0 Å². The number of imidazole rings is 1. The molecular weight excluding hydrogens is 230 g/mol. The molecule has 2 atom stereocenters. The molecule has 1 aliphatic carbocycles. The van der Waals surface area contributed by atoms with Crippen molar-refractivity contribution in [2.75, 3.05) is 0 Å². The number of aromatic nitrogens is 3. The van der Waals surface area contributed by atoms with Crippen molar-refractivity contribution in [3.8, 4) is 0 Å². The molecule has 92 valence electrons. The molecule has 1 aliphatic rings. The smallest absolute Gasteiger partial charge is 0.307 e. The summed E-state index contributed by atoms with van der Waals surface area (Å²) in [6.45, 7) is 0.688. The second kappa shape index (κ2) is 4.25. The summed E-state index contributed by atoms with van der Waals surface area (Å²) in [4.78, 5) is 19.1. The fourth-order valence-corrected chi connectivity index (χ4v) is 2.15. The molecule has 2 aromatic heterocycles. The molecule has 18 heavy (non-hydrogen) atoms. The molecule has 2 heterocycles. The summed E-state index contributed by atoms with van der Waals surface area (Å²) in [6, 6.07) is 3.93. The van der Waals surface area contributed by atoms with Crippen LogP contribution >= 0.6 is 0 Å². The van der Waals surface area contributed by atoms with Crippen molar-refractivity contribution in [3.05, 3.63) is 48.3 Å². The fourth-order valence-electron chi connectivity index (χ4n) is 2.15. The highest BCUT2D eigenvalue weighted by Gasteiger charge is 2.44. The summed E-state index contributed by atoms with van der Waals surface area (Å²) in [5.74, 6) is -0.772. The molecule has 3 rings (SSSR count). The lowest BCUT2D eigenvalue weighted by atomic mass is 10.1.